The topological polar surface area (TPSA) is 62.3 Å². The van der Waals surface area contributed by atoms with E-state index in [1.54, 1.807) is 41.6 Å². The largest absolute Gasteiger partial charge is 0.339 e. The van der Waals surface area contributed by atoms with Gasteiger partial charge >= 0.3 is 0 Å². The standard InChI is InChI=1S/C19H20ClN3O2/c1-13-4-5-16(20)11-17(13)22-18(24)14-6-9-23(10-7-14)19(25)15-3-2-8-21-12-15/h2-5,8,11-12,14H,6-7,9-10H2,1H3,(H,22,24). The molecule has 1 saturated heterocycles. The highest BCUT2D eigenvalue weighted by atomic mass is 35.5. The summed E-state index contributed by atoms with van der Waals surface area (Å²) >= 11 is 6.00. The molecule has 1 N–H and O–H groups in total. The maximum atomic E-state index is 12.5. The number of halogens is 1. The van der Waals surface area contributed by atoms with Gasteiger partial charge in [-0.1, -0.05) is 17.7 Å². The van der Waals surface area contributed by atoms with Crippen molar-refractivity contribution < 1.29 is 9.59 Å². The summed E-state index contributed by atoms with van der Waals surface area (Å²) in [4.78, 5) is 30.7. The lowest BCUT2D eigenvalue weighted by Crippen LogP contribution is -2.41. The van der Waals surface area contributed by atoms with Gasteiger partial charge in [-0.05, 0) is 49.6 Å². The number of hydrogen-bond acceptors (Lipinski definition) is 3. The van der Waals surface area contributed by atoms with E-state index in [9.17, 15) is 9.59 Å². The summed E-state index contributed by atoms with van der Waals surface area (Å²) in [6, 6.07) is 8.95. The number of anilines is 1. The third-order valence-electron chi connectivity index (χ3n) is 4.52. The average Bonchev–Trinajstić information content (AvgIpc) is 2.65. The summed E-state index contributed by atoms with van der Waals surface area (Å²) in [5.74, 6) is -0.146. The van der Waals surface area contributed by atoms with Gasteiger partial charge in [-0.2, -0.15) is 0 Å². The Kier molecular flexibility index (Phi) is 5.34. The van der Waals surface area contributed by atoms with E-state index < -0.39 is 0 Å². The SMILES string of the molecule is Cc1ccc(Cl)cc1NC(=O)C1CCN(C(=O)c2cccnc2)CC1. The Hall–Kier alpha value is -2.40. The average molecular weight is 358 g/mol. The molecule has 1 aliphatic heterocycles. The normalized spacial score (nSPS) is 15.0. The number of amides is 2. The van der Waals surface area contributed by atoms with E-state index >= 15 is 0 Å². The van der Waals surface area contributed by atoms with Gasteiger partial charge in [-0.3, -0.25) is 14.6 Å². The van der Waals surface area contributed by atoms with Gasteiger partial charge in [0, 0.05) is 42.1 Å². The molecule has 25 heavy (non-hydrogen) atoms. The molecule has 0 radical (unpaired) electrons. The van der Waals surface area contributed by atoms with E-state index in [4.69, 9.17) is 11.6 Å². The van der Waals surface area contributed by atoms with Gasteiger partial charge in [0.05, 0.1) is 5.56 Å². The first-order valence-corrected chi connectivity index (χ1v) is 8.68. The molecule has 6 heteroatoms. The highest BCUT2D eigenvalue weighted by molar-refractivity contribution is 6.31. The molecule has 0 bridgehead atoms. The fourth-order valence-corrected chi connectivity index (χ4v) is 3.15. The van der Waals surface area contributed by atoms with Crippen molar-refractivity contribution in [1.29, 1.82) is 0 Å². The van der Waals surface area contributed by atoms with Crippen molar-refractivity contribution in [3.63, 3.8) is 0 Å². The van der Waals surface area contributed by atoms with Crippen molar-refractivity contribution in [2.24, 2.45) is 5.92 Å². The number of nitrogens with zero attached hydrogens (tertiary/aromatic N) is 2. The van der Waals surface area contributed by atoms with Crippen LogP contribution in [0, 0.1) is 12.8 Å². The lowest BCUT2D eigenvalue weighted by atomic mass is 9.95. The molecule has 2 amide bonds. The molecule has 5 nitrogen and oxygen atoms in total. The first kappa shape index (κ1) is 17.4. The van der Waals surface area contributed by atoms with Crippen LogP contribution in [0.2, 0.25) is 5.02 Å². The van der Waals surface area contributed by atoms with Crippen LogP contribution < -0.4 is 5.32 Å². The molecular formula is C19H20ClN3O2. The second-order valence-electron chi connectivity index (χ2n) is 6.26. The fraction of sp³-hybridized carbons (Fsp3) is 0.316. The van der Waals surface area contributed by atoms with E-state index in [2.05, 4.69) is 10.3 Å². The number of aryl methyl sites for hydroxylation is 1. The van der Waals surface area contributed by atoms with E-state index in [0.29, 0.717) is 36.5 Å². The van der Waals surface area contributed by atoms with Gasteiger partial charge in [0.1, 0.15) is 0 Å². The Bertz CT molecular complexity index is 771. The summed E-state index contributed by atoms with van der Waals surface area (Å²) in [5, 5.41) is 3.55. The lowest BCUT2D eigenvalue weighted by molar-refractivity contribution is -0.121. The summed E-state index contributed by atoms with van der Waals surface area (Å²) in [6.45, 7) is 3.07. The van der Waals surface area contributed by atoms with E-state index in [1.165, 1.54) is 0 Å². The zero-order valence-corrected chi connectivity index (χ0v) is 14.8. The van der Waals surface area contributed by atoms with Gasteiger partial charge in [0.25, 0.3) is 5.91 Å². The fourth-order valence-electron chi connectivity index (χ4n) is 2.98. The number of pyridine rings is 1. The molecule has 0 saturated carbocycles. The number of piperidine rings is 1. The van der Waals surface area contributed by atoms with Crippen molar-refractivity contribution in [2.45, 2.75) is 19.8 Å². The minimum Gasteiger partial charge on any atom is -0.339 e. The number of carbonyl (C=O) groups is 2. The molecule has 1 fully saturated rings. The number of aromatic nitrogens is 1. The molecule has 3 rings (SSSR count). The number of likely N-dealkylation sites (tertiary alicyclic amines) is 1. The molecule has 0 unspecified atom stereocenters. The van der Waals surface area contributed by atoms with E-state index in [-0.39, 0.29) is 17.7 Å². The number of carbonyl (C=O) groups excluding carboxylic acids is 2. The zero-order chi connectivity index (χ0) is 17.8. The Morgan fingerprint density at radius 3 is 2.68 bits per heavy atom. The first-order valence-electron chi connectivity index (χ1n) is 8.31. The van der Waals surface area contributed by atoms with Gasteiger partial charge in [-0.25, -0.2) is 0 Å². The monoisotopic (exact) mass is 357 g/mol. The quantitative estimate of drug-likeness (QED) is 0.913. The van der Waals surface area contributed by atoms with Crippen molar-refractivity contribution in [1.82, 2.24) is 9.88 Å². The minimum absolute atomic E-state index is 0.0150. The zero-order valence-electron chi connectivity index (χ0n) is 14.0. The van der Waals surface area contributed by atoms with Crippen LogP contribution in [-0.2, 0) is 4.79 Å². The van der Waals surface area contributed by atoms with Crippen LogP contribution in [0.3, 0.4) is 0 Å². The number of rotatable bonds is 3. The molecule has 1 aliphatic rings. The molecule has 0 aliphatic carbocycles. The number of benzene rings is 1. The van der Waals surface area contributed by atoms with Crippen LogP contribution in [-0.4, -0.2) is 34.8 Å². The molecular weight excluding hydrogens is 338 g/mol. The van der Waals surface area contributed by atoms with Crippen molar-refractivity contribution >= 4 is 29.1 Å². The Balaban J connectivity index is 1.57. The summed E-state index contributed by atoms with van der Waals surface area (Å²) in [6.07, 6.45) is 4.52. The summed E-state index contributed by atoms with van der Waals surface area (Å²) in [5.41, 5.74) is 2.30. The number of hydrogen-bond donors (Lipinski definition) is 1. The predicted octanol–water partition coefficient (Wildman–Crippen LogP) is 3.53. The van der Waals surface area contributed by atoms with Gasteiger partial charge < -0.3 is 10.2 Å². The molecule has 2 aromatic rings. The highest BCUT2D eigenvalue weighted by Gasteiger charge is 2.28. The second kappa shape index (κ2) is 7.66. The predicted molar refractivity (Wildman–Crippen MR) is 97.7 cm³/mol. The maximum absolute atomic E-state index is 12.5. The molecule has 1 aromatic heterocycles. The van der Waals surface area contributed by atoms with Gasteiger partial charge in [0.15, 0.2) is 0 Å². The Labute approximate surface area is 152 Å². The van der Waals surface area contributed by atoms with Gasteiger partial charge in [-0.15, -0.1) is 0 Å². The first-order chi connectivity index (χ1) is 12.0. The third-order valence-corrected chi connectivity index (χ3v) is 4.75. The summed E-state index contributed by atoms with van der Waals surface area (Å²) < 4.78 is 0. The second-order valence-corrected chi connectivity index (χ2v) is 6.69. The molecule has 1 aromatic carbocycles. The highest BCUT2D eigenvalue weighted by Crippen LogP contribution is 2.24. The third kappa shape index (κ3) is 4.17. The van der Waals surface area contributed by atoms with E-state index in [1.807, 2.05) is 13.0 Å². The van der Waals surface area contributed by atoms with E-state index in [0.717, 1.165) is 11.3 Å². The van der Waals surface area contributed by atoms with Crippen LogP contribution in [0.4, 0.5) is 5.69 Å². The smallest absolute Gasteiger partial charge is 0.255 e. The Morgan fingerprint density at radius 2 is 2.00 bits per heavy atom. The van der Waals surface area contributed by atoms with Crippen molar-refractivity contribution in [3.8, 4) is 0 Å². The Morgan fingerprint density at radius 1 is 1.24 bits per heavy atom. The molecule has 0 atom stereocenters. The molecule has 130 valence electrons. The van der Waals surface area contributed by atoms with Crippen molar-refractivity contribution in [2.75, 3.05) is 18.4 Å². The lowest BCUT2D eigenvalue weighted by Gasteiger charge is -2.31. The molecule has 2 heterocycles. The maximum Gasteiger partial charge on any atom is 0.255 e. The van der Waals surface area contributed by atoms with Crippen molar-refractivity contribution in [3.05, 3.63) is 58.9 Å². The minimum atomic E-state index is -0.101. The number of nitrogens with one attached hydrogen (secondary N) is 1. The van der Waals surface area contributed by atoms with Crippen LogP contribution in [0.25, 0.3) is 0 Å². The van der Waals surface area contributed by atoms with Crippen LogP contribution in [0.15, 0.2) is 42.7 Å². The van der Waals surface area contributed by atoms with Crippen LogP contribution in [0.5, 0.6) is 0 Å². The van der Waals surface area contributed by atoms with Gasteiger partial charge in [0.2, 0.25) is 5.91 Å². The molecule has 0 spiro atoms. The summed E-state index contributed by atoms with van der Waals surface area (Å²) in [7, 11) is 0. The van der Waals surface area contributed by atoms with Crippen LogP contribution in [0.1, 0.15) is 28.8 Å². The van der Waals surface area contributed by atoms with Crippen LogP contribution >= 0.6 is 11.6 Å².